The third-order valence-corrected chi connectivity index (χ3v) is 20.9. The molecule has 0 aromatic heterocycles. The van der Waals surface area contributed by atoms with E-state index in [4.69, 9.17) is 0 Å². The van der Waals surface area contributed by atoms with E-state index in [2.05, 4.69) is 107 Å². The second-order valence-corrected chi connectivity index (χ2v) is 26.4. The fraction of sp³-hybridized carbons (Fsp3) is 0.684. The van der Waals surface area contributed by atoms with E-state index in [9.17, 15) is 8.42 Å². The van der Waals surface area contributed by atoms with E-state index in [1.807, 2.05) is 24.3 Å². The second-order valence-electron chi connectivity index (χ2n) is 16.2. The molecule has 0 aliphatic carbocycles. The molecule has 2 aromatic rings. The molecule has 260 valence electrons. The van der Waals surface area contributed by atoms with Gasteiger partial charge in [0.05, 0.1) is 59.1 Å². The van der Waals surface area contributed by atoms with Crippen molar-refractivity contribution in [3.8, 4) is 0 Å². The molecule has 2 rings (SSSR count). The molecule has 45 heavy (non-hydrogen) atoms. The highest BCUT2D eigenvalue weighted by Crippen LogP contribution is 2.65. The Bertz CT molecular complexity index is 1060. The van der Waals surface area contributed by atoms with Crippen LogP contribution in [0.5, 0.6) is 0 Å². The first-order valence-electron chi connectivity index (χ1n) is 17.0. The van der Waals surface area contributed by atoms with Crippen molar-refractivity contribution < 1.29 is 42.4 Å². The molecule has 0 radical (unpaired) electrons. The van der Waals surface area contributed by atoms with E-state index in [1.54, 1.807) is 0 Å². The predicted molar refractivity (Wildman–Crippen MR) is 198 cm³/mol. The lowest BCUT2D eigenvalue weighted by Crippen LogP contribution is -3.00. The van der Waals surface area contributed by atoms with Gasteiger partial charge < -0.3 is 34.0 Å². The fourth-order valence-electron chi connectivity index (χ4n) is 7.94. The number of benzene rings is 2. The molecule has 7 heteroatoms. The summed E-state index contributed by atoms with van der Waals surface area (Å²) in [6, 6.07) is 15.8. The van der Waals surface area contributed by atoms with Gasteiger partial charge in [0, 0.05) is 14.5 Å². The molecule has 0 saturated heterocycles. The highest BCUT2D eigenvalue weighted by Gasteiger charge is 2.41. The molecule has 0 unspecified atom stereocenters. The quantitative estimate of drug-likeness (QED) is 0.187. The molecule has 0 saturated carbocycles. The molecule has 0 amide bonds. The van der Waals surface area contributed by atoms with Gasteiger partial charge in [-0.15, -0.1) is 0 Å². The molecule has 0 bridgehead atoms. The van der Waals surface area contributed by atoms with Crippen LogP contribution < -0.4 is 34.0 Å². The zero-order chi connectivity index (χ0) is 32.6. The van der Waals surface area contributed by atoms with Gasteiger partial charge in [-0.1, -0.05) is 107 Å². The lowest BCUT2D eigenvalue weighted by atomic mass is 10.2. The van der Waals surface area contributed by atoms with Crippen LogP contribution in [-0.4, -0.2) is 45.4 Å². The average molecular weight is 809 g/mol. The largest absolute Gasteiger partial charge is 1.00 e. The van der Waals surface area contributed by atoms with Gasteiger partial charge in [-0.3, -0.25) is 0 Å². The van der Waals surface area contributed by atoms with Gasteiger partial charge in [0.2, 0.25) is 9.84 Å². The summed E-state index contributed by atoms with van der Waals surface area (Å²) < 4.78 is 27.4. The predicted octanol–water partition coefficient (Wildman–Crippen LogP) is 5.50. The molecule has 0 heterocycles. The first-order chi connectivity index (χ1) is 19.9. The molecule has 0 aliphatic rings. The minimum absolute atomic E-state index is 0. The maximum absolute atomic E-state index is 13.7. The molecule has 0 spiro atoms. The van der Waals surface area contributed by atoms with Crippen molar-refractivity contribution in [2.24, 2.45) is 35.5 Å². The Balaban J connectivity index is 0.00000968. The zero-order valence-electron chi connectivity index (χ0n) is 30.6. The van der Waals surface area contributed by atoms with Gasteiger partial charge in [-0.05, 0) is 70.9 Å². The molecular weight excluding hydrogens is 742 g/mol. The van der Waals surface area contributed by atoms with E-state index < -0.39 is 24.4 Å². The van der Waals surface area contributed by atoms with Crippen molar-refractivity contribution in [2.75, 3.05) is 37.0 Å². The van der Waals surface area contributed by atoms with Gasteiger partial charge in [0.25, 0.3) is 0 Å². The Morgan fingerprint density at radius 1 is 0.422 bits per heavy atom. The molecule has 0 fully saturated rings. The summed E-state index contributed by atoms with van der Waals surface area (Å²) in [5, 5.41) is 0. The summed E-state index contributed by atoms with van der Waals surface area (Å²) in [5.74, 6) is 4.09. The SMILES string of the molecule is CC(C)C[P+](Cc1ccc(S(=O)(=O)c2ccc(C[P+](CC(C)C)(CC(C)C)CC(C)C)cc2)cc1)(CC(C)C)CC(C)C.[Br-].[Br-]. The van der Waals surface area contributed by atoms with Crippen molar-refractivity contribution in [3.63, 3.8) is 0 Å². The van der Waals surface area contributed by atoms with Crippen LogP contribution in [0.25, 0.3) is 0 Å². The lowest BCUT2D eigenvalue weighted by Gasteiger charge is -2.32. The van der Waals surface area contributed by atoms with E-state index >= 15 is 0 Å². The van der Waals surface area contributed by atoms with Crippen LogP contribution in [0.3, 0.4) is 0 Å². The van der Waals surface area contributed by atoms with Crippen molar-refractivity contribution >= 4 is 24.4 Å². The van der Waals surface area contributed by atoms with Crippen LogP contribution in [0.2, 0.25) is 0 Å². The molecule has 2 nitrogen and oxygen atoms in total. The van der Waals surface area contributed by atoms with Crippen LogP contribution >= 0.6 is 14.5 Å². The number of hydrogen-bond acceptors (Lipinski definition) is 2. The van der Waals surface area contributed by atoms with Crippen LogP contribution in [0, 0.1) is 35.5 Å². The van der Waals surface area contributed by atoms with E-state index in [-0.39, 0.29) is 34.0 Å². The fourth-order valence-corrected chi connectivity index (χ4v) is 22.1. The number of rotatable bonds is 18. The highest BCUT2D eigenvalue weighted by atomic mass is 79.9. The minimum Gasteiger partial charge on any atom is -1.00 e. The molecule has 0 atom stereocenters. The van der Waals surface area contributed by atoms with Crippen LogP contribution in [0.1, 0.15) is 94.2 Å². The molecule has 0 aliphatic heterocycles. The van der Waals surface area contributed by atoms with E-state index in [0.29, 0.717) is 45.3 Å². The second kappa shape index (κ2) is 20.0. The molecule has 2 aromatic carbocycles. The standard InChI is InChI=1S/C38H66O2P2S.2BrH/c1-29(2)21-41(22-30(3)4,23-31(5)6)27-35-13-17-37(18-14-35)43(39,40)38-19-15-36(16-20-38)28-42(24-32(7)8,25-33(9)10)26-34(11)12;;/h13-20,29-34H,21-28H2,1-12H3;2*1H/q+2;;/p-2. The maximum Gasteiger partial charge on any atom is 0.206 e. The first-order valence-corrected chi connectivity index (χ1v) is 23.5. The van der Waals surface area contributed by atoms with Gasteiger partial charge >= 0.3 is 0 Å². The third kappa shape index (κ3) is 15.1. The summed E-state index contributed by atoms with van der Waals surface area (Å²) in [5.41, 5.74) is 2.59. The normalized spacial score (nSPS) is 12.8. The lowest BCUT2D eigenvalue weighted by molar-refractivity contribution is -0.00100. The maximum atomic E-state index is 13.7. The third-order valence-electron chi connectivity index (χ3n) is 8.02. The monoisotopic (exact) mass is 806 g/mol. The van der Waals surface area contributed by atoms with Crippen molar-refractivity contribution in [1.82, 2.24) is 0 Å². The van der Waals surface area contributed by atoms with Crippen molar-refractivity contribution in [1.29, 1.82) is 0 Å². The molecule has 0 N–H and O–H groups in total. The number of halogens is 2. The Labute approximate surface area is 302 Å². The summed E-state index contributed by atoms with van der Waals surface area (Å²) in [7, 11) is -5.95. The smallest absolute Gasteiger partial charge is 0.206 e. The highest BCUT2D eigenvalue weighted by molar-refractivity contribution is 7.91. The van der Waals surface area contributed by atoms with Gasteiger partial charge in [-0.2, -0.15) is 0 Å². The summed E-state index contributed by atoms with van der Waals surface area (Å²) in [6.45, 7) is 28.3. The summed E-state index contributed by atoms with van der Waals surface area (Å²) in [6.07, 6.45) is 10.1. The van der Waals surface area contributed by atoms with Gasteiger partial charge in [0.15, 0.2) is 0 Å². The summed E-state index contributed by atoms with van der Waals surface area (Å²) >= 11 is 0. The van der Waals surface area contributed by atoms with E-state index in [1.165, 1.54) is 48.1 Å². The van der Waals surface area contributed by atoms with Gasteiger partial charge in [0.1, 0.15) is 0 Å². The first kappa shape index (κ1) is 45.2. The zero-order valence-corrected chi connectivity index (χ0v) is 36.4. The van der Waals surface area contributed by atoms with Crippen LogP contribution in [0.4, 0.5) is 0 Å². The minimum atomic E-state index is -3.56. The number of sulfone groups is 1. The van der Waals surface area contributed by atoms with Crippen molar-refractivity contribution in [3.05, 3.63) is 59.7 Å². The Hall–Kier alpha value is 0.210. The van der Waals surface area contributed by atoms with Crippen molar-refractivity contribution in [2.45, 2.75) is 105 Å². The summed E-state index contributed by atoms with van der Waals surface area (Å²) in [4.78, 5) is 0.816. The Kier molecular flexibility index (Phi) is 20.1. The molecular formula is C38H66Br2O2P2S. The number of hydrogen-bond donors (Lipinski definition) is 0. The Morgan fingerprint density at radius 3 is 0.800 bits per heavy atom. The van der Waals surface area contributed by atoms with Crippen LogP contribution in [-0.2, 0) is 22.2 Å². The van der Waals surface area contributed by atoms with Crippen LogP contribution in [0.15, 0.2) is 58.3 Å². The van der Waals surface area contributed by atoms with E-state index in [0.717, 1.165) is 12.3 Å². The topological polar surface area (TPSA) is 34.1 Å². The Morgan fingerprint density at radius 2 is 0.622 bits per heavy atom. The van der Waals surface area contributed by atoms with Gasteiger partial charge in [-0.25, -0.2) is 8.42 Å². The average Bonchev–Trinajstić information content (AvgIpc) is 2.81.